The molecule has 0 amide bonds. The molecule has 0 aromatic heterocycles. The second-order valence-corrected chi connectivity index (χ2v) is 4.92. The van der Waals surface area contributed by atoms with E-state index in [9.17, 15) is 4.79 Å². The molecule has 19 heavy (non-hydrogen) atoms. The topological polar surface area (TPSA) is 26.3 Å². The number of ketones is 1. The molecule has 0 radical (unpaired) electrons. The molecule has 0 fully saturated rings. The summed E-state index contributed by atoms with van der Waals surface area (Å²) in [5, 5.41) is 0.516. The van der Waals surface area contributed by atoms with Crippen LogP contribution in [-0.2, 0) is 0 Å². The Kier molecular flexibility index (Phi) is 4.23. The van der Waals surface area contributed by atoms with Gasteiger partial charge in [0, 0.05) is 5.56 Å². The summed E-state index contributed by atoms with van der Waals surface area (Å²) in [4.78, 5) is 12.0. The van der Waals surface area contributed by atoms with Crippen molar-refractivity contribution < 1.29 is 9.53 Å². The fourth-order valence-corrected chi connectivity index (χ4v) is 1.86. The molecule has 98 valence electrons. The van der Waals surface area contributed by atoms with Gasteiger partial charge in [-0.2, -0.15) is 0 Å². The van der Waals surface area contributed by atoms with Crippen molar-refractivity contribution in [2.24, 2.45) is 0 Å². The van der Waals surface area contributed by atoms with E-state index in [2.05, 4.69) is 0 Å². The molecule has 3 heteroatoms. The highest BCUT2D eigenvalue weighted by molar-refractivity contribution is 6.32. The number of ether oxygens (including phenoxy) is 1. The van der Waals surface area contributed by atoms with Crippen LogP contribution in [0.3, 0.4) is 0 Å². The van der Waals surface area contributed by atoms with E-state index < -0.39 is 0 Å². The van der Waals surface area contributed by atoms with Gasteiger partial charge in [-0.05, 0) is 31.5 Å². The Balaban J connectivity index is 2.04. The first-order valence-electron chi connectivity index (χ1n) is 6.05. The van der Waals surface area contributed by atoms with Crippen molar-refractivity contribution in [3.8, 4) is 5.75 Å². The molecule has 0 aliphatic carbocycles. The maximum atomic E-state index is 12.0. The number of hydrogen-bond donors (Lipinski definition) is 0. The van der Waals surface area contributed by atoms with Gasteiger partial charge in [0.2, 0.25) is 0 Å². The number of carbonyl (C=O) groups excluding carboxylic acids is 1. The molecule has 0 aliphatic rings. The van der Waals surface area contributed by atoms with E-state index in [1.807, 2.05) is 38.1 Å². The van der Waals surface area contributed by atoms with Gasteiger partial charge in [-0.15, -0.1) is 0 Å². The van der Waals surface area contributed by atoms with Gasteiger partial charge in [-0.3, -0.25) is 4.79 Å². The number of carbonyl (C=O) groups is 1. The van der Waals surface area contributed by atoms with Gasteiger partial charge in [-0.1, -0.05) is 47.5 Å². The molecule has 2 rings (SSSR count). The van der Waals surface area contributed by atoms with Crippen LogP contribution in [0, 0.1) is 13.8 Å². The normalized spacial score (nSPS) is 10.3. The third kappa shape index (κ3) is 3.58. The second kappa shape index (κ2) is 5.89. The molecule has 0 heterocycles. The number of hydrogen-bond acceptors (Lipinski definition) is 2. The van der Waals surface area contributed by atoms with Crippen LogP contribution in [0.15, 0.2) is 42.5 Å². The van der Waals surface area contributed by atoms with Crippen LogP contribution >= 0.6 is 11.6 Å². The smallest absolute Gasteiger partial charge is 0.200 e. The second-order valence-electron chi connectivity index (χ2n) is 4.51. The number of benzene rings is 2. The summed E-state index contributed by atoms with van der Waals surface area (Å²) in [6.07, 6.45) is 0. The lowest BCUT2D eigenvalue weighted by molar-refractivity contribution is 0.0921. The van der Waals surface area contributed by atoms with Crippen molar-refractivity contribution in [1.82, 2.24) is 0 Å². The zero-order chi connectivity index (χ0) is 13.8. The van der Waals surface area contributed by atoms with E-state index in [1.165, 1.54) is 0 Å². The lowest BCUT2D eigenvalue weighted by Gasteiger charge is -2.08. The van der Waals surface area contributed by atoms with Gasteiger partial charge >= 0.3 is 0 Å². The van der Waals surface area contributed by atoms with E-state index in [0.29, 0.717) is 16.3 Å². The van der Waals surface area contributed by atoms with E-state index in [0.717, 1.165) is 11.1 Å². The SMILES string of the molecule is Cc1ccc(C(=O)COc2cc(C)ccc2Cl)cc1. The Bertz CT molecular complexity index is 588. The summed E-state index contributed by atoms with van der Waals surface area (Å²) < 4.78 is 5.48. The fourth-order valence-electron chi connectivity index (χ4n) is 1.69. The molecule has 0 saturated carbocycles. The minimum atomic E-state index is -0.0578. The van der Waals surface area contributed by atoms with E-state index >= 15 is 0 Å². The van der Waals surface area contributed by atoms with E-state index in [4.69, 9.17) is 16.3 Å². The zero-order valence-electron chi connectivity index (χ0n) is 10.9. The Morgan fingerprint density at radius 3 is 2.37 bits per heavy atom. The molecule has 2 aromatic carbocycles. The first kappa shape index (κ1) is 13.6. The van der Waals surface area contributed by atoms with Crippen LogP contribution in [0.4, 0.5) is 0 Å². The van der Waals surface area contributed by atoms with Crippen molar-refractivity contribution in [3.63, 3.8) is 0 Å². The first-order valence-corrected chi connectivity index (χ1v) is 6.43. The summed E-state index contributed by atoms with van der Waals surface area (Å²) >= 11 is 6.01. The van der Waals surface area contributed by atoms with Crippen LogP contribution < -0.4 is 4.74 Å². The van der Waals surface area contributed by atoms with Gasteiger partial charge in [0.15, 0.2) is 12.4 Å². The van der Waals surface area contributed by atoms with Crippen LogP contribution in [-0.4, -0.2) is 12.4 Å². The van der Waals surface area contributed by atoms with Crippen molar-refractivity contribution in [3.05, 3.63) is 64.2 Å². The van der Waals surface area contributed by atoms with Crippen LogP contribution in [0.5, 0.6) is 5.75 Å². The average Bonchev–Trinajstić information content (AvgIpc) is 2.40. The highest BCUT2D eigenvalue weighted by Gasteiger charge is 2.08. The van der Waals surface area contributed by atoms with E-state index in [1.54, 1.807) is 18.2 Å². The Hall–Kier alpha value is -1.80. The molecule has 0 atom stereocenters. The predicted octanol–water partition coefficient (Wildman–Crippen LogP) is 4.22. The summed E-state index contributed by atoms with van der Waals surface area (Å²) in [5.41, 5.74) is 2.82. The fraction of sp³-hybridized carbons (Fsp3) is 0.188. The zero-order valence-corrected chi connectivity index (χ0v) is 11.7. The molecular formula is C16H15ClO2. The monoisotopic (exact) mass is 274 g/mol. The van der Waals surface area contributed by atoms with Crippen molar-refractivity contribution in [1.29, 1.82) is 0 Å². The third-order valence-corrected chi connectivity index (χ3v) is 3.13. The predicted molar refractivity (Wildman–Crippen MR) is 77.2 cm³/mol. The summed E-state index contributed by atoms with van der Waals surface area (Å²) in [6, 6.07) is 12.9. The lowest BCUT2D eigenvalue weighted by atomic mass is 10.1. The highest BCUT2D eigenvalue weighted by atomic mass is 35.5. The van der Waals surface area contributed by atoms with Crippen LogP contribution in [0.25, 0.3) is 0 Å². The van der Waals surface area contributed by atoms with E-state index in [-0.39, 0.29) is 12.4 Å². The van der Waals surface area contributed by atoms with Gasteiger partial charge in [0.25, 0.3) is 0 Å². The molecule has 0 unspecified atom stereocenters. The van der Waals surface area contributed by atoms with Crippen molar-refractivity contribution >= 4 is 17.4 Å². The maximum Gasteiger partial charge on any atom is 0.200 e. The molecule has 0 N–H and O–H groups in total. The Morgan fingerprint density at radius 2 is 1.68 bits per heavy atom. The van der Waals surface area contributed by atoms with Gasteiger partial charge in [0.05, 0.1) is 5.02 Å². The van der Waals surface area contributed by atoms with Crippen LogP contribution in [0.2, 0.25) is 5.02 Å². The Labute approximate surface area is 118 Å². The van der Waals surface area contributed by atoms with Gasteiger partial charge < -0.3 is 4.74 Å². The number of aryl methyl sites for hydroxylation is 2. The largest absolute Gasteiger partial charge is 0.484 e. The minimum absolute atomic E-state index is 0.00770. The van der Waals surface area contributed by atoms with Crippen molar-refractivity contribution in [2.45, 2.75) is 13.8 Å². The lowest BCUT2D eigenvalue weighted by Crippen LogP contribution is -2.11. The minimum Gasteiger partial charge on any atom is -0.484 e. The number of halogens is 1. The molecule has 2 aromatic rings. The Morgan fingerprint density at radius 1 is 1.05 bits per heavy atom. The van der Waals surface area contributed by atoms with Crippen molar-refractivity contribution in [2.75, 3.05) is 6.61 Å². The molecule has 2 nitrogen and oxygen atoms in total. The molecule has 0 bridgehead atoms. The number of rotatable bonds is 4. The first-order chi connectivity index (χ1) is 9.06. The van der Waals surface area contributed by atoms with Gasteiger partial charge in [0.1, 0.15) is 5.75 Å². The summed E-state index contributed by atoms with van der Waals surface area (Å²) in [7, 11) is 0. The molecule has 0 saturated heterocycles. The molecular weight excluding hydrogens is 260 g/mol. The van der Waals surface area contributed by atoms with Crippen LogP contribution in [0.1, 0.15) is 21.5 Å². The average molecular weight is 275 g/mol. The van der Waals surface area contributed by atoms with Gasteiger partial charge in [-0.25, -0.2) is 0 Å². The third-order valence-electron chi connectivity index (χ3n) is 2.82. The summed E-state index contributed by atoms with van der Waals surface area (Å²) in [5.74, 6) is 0.486. The molecule has 0 aliphatic heterocycles. The quantitative estimate of drug-likeness (QED) is 0.781. The maximum absolute atomic E-state index is 12.0. The standard InChI is InChI=1S/C16H15ClO2/c1-11-3-6-13(7-4-11)15(18)10-19-16-9-12(2)5-8-14(16)17/h3-9H,10H2,1-2H3. The molecule has 0 spiro atoms. The summed E-state index contributed by atoms with van der Waals surface area (Å²) in [6.45, 7) is 3.93. The number of Topliss-reactive ketones (excluding diaryl/α,β-unsaturated/α-hetero) is 1. The highest BCUT2D eigenvalue weighted by Crippen LogP contribution is 2.25.